The second-order valence-corrected chi connectivity index (χ2v) is 6.16. The van der Waals surface area contributed by atoms with Crippen molar-refractivity contribution in [1.82, 2.24) is 9.88 Å². The van der Waals surface area contributed by atoms with Crippen LogP contribution in [0.15, 0.2) is 47.7 Å². The number of hydrogen-bond donors (Lipinski definition) is 1. The van der Waals surface area contributed by atoms with Crippen molar-refractivity contribution in [3.8, 4) is 11.5 Å². The Labute approximate surface area is 166 Å². The fourth-order valence-electron chi connectivity index (χ4n) is 2.62. The van der Waals surface area contributed by atoms with E-state index >= 15 is 0 Å². The third-order valence-corrected chi connectivity index (χ3v) is 3.94. The van der Waals surface area contributed by atoms with Crippen LogP contribution in [0.3, 0.4) is 0 Å². The molecule has 0 fully saturated rings. The van der Waals surface area contributed by atoms with Crippen LogP contribution in [0, 0.1) is 0 Å². The molecule has 1 aromatic heterocycles. The van der Waals surface area contributed by atoms with Gasteiger partial charge in [0, 0.05) is 19.3 Å². The lowest BCUT2D eigenvalue weighted by Gasteiger charge is -2.21. The molecule has 28 heavy (non-hydrogen) atoms. The molecule has 0 aliphatic carbocycles. The molecule has 0 radical (unpaired) electrons. The molecule has 1 aromatic carbocycles. The van der Waals surface area contributed by atoms with Gasteiger partial charge in [0.25, 0.3) is 5.91 Å². The number of hydrogen-bond acceptors (Lipinski definition) is 6. The molecule has 0 aliphatic rings. The van der Waals surface area contributed by atoms with E-state index in [1.165, 1.54) is 0 Å². The van der Waals surface area contributed by atoms with Crippen molar-refractivity contribution in [3.63, 3.8) is 0 Å². The fourth-order valence-corrected chi connectivity index (χ4v) is 2.62. The van der Waals surface area contributed by atoms with Gasteiger partial charge in [-0.2, -0.15) is 5.10 Å². The van der Waals surface area contributed by atoms with Gasteiger partial charge in [-0.25, -0.2) is 4.98 Å². The van der Waals surface area contributed by atoms with Crippen molar-refractivity contribution >= 4 is 17.9 Å². The molecular weight excluding hydrogens is 356 g/mol. The van der Waals surface area contributed by atoms with Gasteiger partial charge in [0.15, 0.2) is 18.1 Å². The maximum absolute atomic E-state index is 12.4. The molecule has 0 aliphatic heterocycles. The topological polar surface area (TPSA) is 76.1 Å². The number of pyridine rings is 1. The fraction of sp³-hybridized carbons (Fsp3) is 0.381. The minimum atomic E-state index is -0.0176. The van der Waals surface area contributed by atoms with Crippen molar-refractivity contribution in [2.45, 2.75) is 26.7 Å². The Morgan fingerprint density at radius 1 is 1.18 bits per heavy atom. The smallest absolute Gasteiger partial charge is 0.260 e. The lowest BCUT2D eigenvalue weighted by atomic mass is 10.2. The second kappa shape index (κ2) is 11.6. The van der Waals surface area contributed by atoms with E-state index in [9.17, 15) is 4.79 Å². The molecule has 0 spiro atoms. The molecule has 0 saturated heterocycles. The summed E-state index contributed by atoms with van der Waals surface area (Å²) in [5.41, 5.74) is 3.69. The van der Waals surface area contributed by atoms with Crippen LogP contribution in [0.4, 0.5) is 5.82 Å². The Hall–Kier alpha value is -3.09. The van der Waals surface area contributed by atoms with Crippen LogP contribution >= 0.6 is 0 Å². The van der Waals surface area contributed by atoms with Crippen LogP contribution in [0.1, 0.15) is 32.3 Å². The summed E-state index contributed by atoms with van der Waals surface area (Å²) in [5, 5.41) is 4.16. The first-order chi connectivity index (χ1) is 13.7. The minimum Gasteiger partial charge on any atom is -0.493 e. The van der Waals surface area contributed by atoms with Gasteiger partial charge in [-0.3, -0.25) is 10.2 Å². The Kier molecular flexibility index (Phi) is 8.78. The van der Waals surface area contributed by atoms with Crippen molar-refractivity contribution in [2.24, 2.45) is 5.10 Å². The van der Waals surface area contributed by atoms with E-state index in [1.54, 1.807) is 31.7 Å². The average molecular weight is 384 g/mol. The number of ether oxygens (including phenoxy) is 2. The van der Waals surface area contributed by atoms with Crippen molar-refractivity contribution in [3.05, 3.63) is 48.2 Å². The summed E-state index contributed by atoms with van der Waals surface area (Å²) in [4.78, 5) is 18.3. The third-order valence-electron chi connectivity index (χ3n) is 3.94. The second-order valence-electron chi connectivity index (χ2n) is 6.16. The van der Waals surface area contributed by atoms with E-state index in [2.05, 4.69) is 29.4 Å². The highest BCUT2D eigenvalue weighted by Gasteiger charge is 2.14. The van der Waals surface area contributed by atoms with Gasteiger partial charge >= 0.3 is 0 Å². The van der Waals surface area contributed by atoms with Gasteiger partial charge in [0.05, 0.1) is 13.3 Å². The van der Waals surface area contributed by atoms with Crippen LogP contribution < -0.4 is 14.9 Å². The molecule has 0 saturated carbocycles. The van der Waals surface area contributed by atoms with Crippen LogP contribution in [0.5, 0.6) is 11.5 Å². The van der Waals surface area contributed by atoms with E-state index in [-0.39, 0.29) is 12.5 Å². The third kappa shape index (κ3) is 6.57. The first-order valence-corrected chi connectivity index (χ1v) is 9.46. The Bertz CT molecular complexity index is 760. The predicted molar refractivity (Wildman–Crippen MR) is 111 cm³/mol. The molecule has 0 unspecified atom stereocenters. The number of carbonyl (C=O) groups excluding carboxylic acids is 1. The van der Waals surface area contributed by atoms with Gasteiger partial charge in [-0.15, -0.1) is 0 Å². The number of rotatable bonds is 11. The highest BCUT2D eigenvalue weighted by atomic mass is 16.5. The normalized spacial score (nSPS) is 10.7. The van der Waals surface area contributed by atoms with E-state index < -0.39 is 0 Å². The van der Waals surface area contributed by atoms with Gasteiger partial charge in [-0.05, 0) is 48.7 Å². The summed E-state index contributed by atoms with van der Waals surface area (Å²) in [6, 6.07) is 11.0. The Balaban J connectivity index is 1.97. The van der Waals surface area contributed by atoms with Crippen LogP contribution in [-0.4, -0.2) is 48.8 Å². The number of nitrogens with zero attached hydrogens (tertiary/aromatic N) is 3. The number of carbonyl (C=O) groups is 1. The van der Waals surface area contributed by atoms with Gasteiger partial charge in [-0.1, -0.05) is 19.9 Å². The van der Waals surface area contributed by atoms with Crippen LogP contribution in [-0.2, 0) is 4.79 Å². The number of hydrazone groups is 1. The zero-order valence-electron chi connectivity index (χ0n) is 16.7. The average Bonchev–Trinajstić information content (AvgIpc) is 2.73. The minimum absolute atomic E-state index is 0.00890. The molecule has 1 N–H and O–H groups in total. The van der Waals surface area contributed by atoms with E-state index in [4.69, 9.17) is 9.47 Å². The number of methoxy groups -OCH3 is 1. The van der Waals surface area contributed by atoms with E-state index in [1.807, 2.05) is 29.2 Å². The summed E-state index contributed by atoms with van der Waals surface area (Å²) in [6.45, 7) is 5.59. The van der Waals surface area contributed by atoms with Gasteiger partial charge in [0.1, 0.15) is 5.82 Å². The Morgan fingerprint density at radius 3 is 2.61 bits per heavy atom. The highest BCUT2D eigenvalue weighted by Crippen LogP contribution is 2.27. The molecule has 1 amide bonds. The van der Waals surface area contributed by atoms with Crippen molar-refractivity contribution in [1.29, 1.82) is 0 Å². The van der Waals surface area contributed by atoms with Crippen molar-refractivity contribution < 1.29 is 14.3 Å². The molecule has 1 heterocycles. The zero-order chi connectivity index (χ0) is 20.2. The summed E-state index contributed by atoms with van der Waals surface area (Å²) >= 11 is 0. The summed E-state index contributed by atoms with van der Waals surface area (Å²) in [5.74, 6) is 1.72. The van der Waals surface area contributed by atoms with Crippen molar-refractivity contribution in [2.75, 3.05) is 32.2 Å². The predicted octanol–water partition coefficient (Wildman–Crippen LogP) is 3.56. The molecule has 150 valence electrons. The van der Waals surface area contributed by atoms with Crippen LogP contribution in [0.25, 0.3) is 0 Å². The lowest BCUT2D eigenvalue weighted by Crippen LogP contribution is -2.36. The molecule has 7 heteroatoms. The molecule has 0 atom stereocenters. The summed E-state index contributed by atoms with van der Waals surface area (Å²) in [7, 11) is 1.57. The largest absolute Gasteiger partial charge is 0.493 e. The monoisotopic (exact) mass is 384 g/mol. The first-order valence-electron chi connectivity index (χ1n) is 9.46. The highest BCUT2D eigenvalue weighted by molar-refractivity contribution is 5.81. The number of benzene rings is 1. The van der Waals surface area contributed by atoms with Gasteiger partial charge < -0.3 is 14.4 Å². The Morgan fingerprint density at radius 2 is 1.96 bits per heavy atom. The molecule has 0 bridgehead atoms. The SMILES string of the molecule is CCCN(CCC)C(=O)COc1ccc(C=NNc2ccccn2)cc1OC. The first kappa shape index (κ1) is 21.2. The van der Waals surface area contributed by atoms with Crippen LogP contribution in [0.2, 0.25) is 0 Å². The standard InChI is InChI=1S/C21H28N4O3/c1-4-12-25(13-5-2)21(26)16-28-18-10-9-17(14-19(18)27-3)15-23-24-20-8-6-7-11-22-20/h6-11,14-15H,4-5,12-13,16H2,1-3H3,(H,22,24). The van der Waals surface area contributed by atoms with E-state index in [0.29, 0.717) is 17.3 Å². The number of amides is 1. The quantitative estimate of drug-likeness (QED) is 0.473. The van der Waals surface area contributed by atoms with E-state index in [0.717, 1.165) is 31.5 Å². The summed E-state index contributed by atoms with van der Waals surface area (Å²) < 4.78 is 11.1. The summed E-state index contributed by atoms with van der Waals surface area (Å²) in [6.07, 6.45) is 5.21. The molecule has 2 aromatic rings. The zero-order valence-corrected chi connectivity index (χ0v) is 16.7. The lowest BCUT2D eigenvalue weighted by molar-refractivity contribution is -0.133. The number of aromatic nitrogens is 1. The number of nitrogens with one attached hydrogen (secondary N) is 1. The van der Waals surface area contributed by atoms with Gasteiger partial charge in [0.2, 0.25) is 0 Å². The maximum atomic E-state index is 12.4. The molecule has 7 nitrogen and oxygen atoms in total. The molecular formula is C21H28N4O3. The molecule has 2 rings (SSSR count). The number of anilines is 1. The maximum Gasteiger partial charge on any atom is 0.260 e.